The van der Waals surface area contributed by atoms with E-state index < -0.39 is 0 Å². The van der Waals surface area contributed by atoms with Gasteiger partial charge in [-0.05, 0) is 31.2 Å². The lowest BCUT2D eigenvalue weighted by molar-refractivity contribution is 0.0950. The van der Waals surface area contributed by atoms with Crippen molar-refractivity contribution in [3.63, 3.8) is 0 Å². The van der Waals surface area contributed by atoms with Gasteiger partial charge >= 0.3 is 0 Å². The summed E-state index contributed by atoms with van der Waals surface area (Å²) in [5.74, 6) is -0.154. The van der Waals surface area contributed by atoms with Crippen LogP contribution in [0, 0.1) is 6.92 Å². The van der Waals surface area contributed by atoms with E-state index in [0.717, 1.165) is 28.2 Å². The highest BCUT2D eigenvalue weighted by Gasteiger charge is 2.14. The Morgan fingerprint density at radius 3 is 2.36 bits per heavy atom. The normalized spacial score (nSPS) is 10.6. The Labute approximate surface area is 163 Å². The SMILES string of the molecule is Cc1ccc(C(=O)NCc2cn(-c3ccccc3)nc2-c2ccccc2)cn1. The molecule has 0 spiro atoms. The molecule has 0 unspecified atom stereocenters. The first kappa shape index (κ1) is 17.7. The van der Waals surface area contributed by atoms with Crippen molar-refractivity contribution in [3.8, 4) is 16.9 Å². The summed E-state index contributed by atoms with van der Waals surface area (Å²) in [6, 6.07) is 23.5. The Morgan fingerprint density at radius 1 is 0.964 bits per heavy atom. The predicted octanol–water partition coefficient (Wildman–Crippen LogP) is 4.17. The minimum absolute atomic E-state index is 0.154. The molecule has 28 heavy (non-hydrogen) atoms. The lowest BCUT2D eigenvalue weighted by atomic mass is 10.1. The van der Waals surface area contributed by atoms with Crippen molar-refractivity contribution in [2.75, 3.05) is 0 Å². The molecule has 1 N–H and O–H groups in total. The van der Waals surface area contributed by atoms with Crippen molar-refractivity contribution < 1.29 is 4.79 Å². The third-order valence-electron chi connectivity index (χ3n) is 4.47. The van der Waals surface area contributed by atoms with Crippen LogP contribution in [0.5, 0.6) is 0 Å². The van der Waals surface area contributed by atoms with Crippen LogP contribution in [0.3, 0.4) is 0 Å². The van der Waals surface area contributed by atoms with Crippen LogP contribution in [0.15, 0.2) is 85.2 Å². The quantitative estimate of drug-likeness (QED) is 0.575. The topological polar surface area (TPSA) is 59.8 Å². The summed E-state index contributed by atoms with van der Waals surface area (Å²) in [5.41, 5.74) is 5.21. The van der Waals surface area contributed by atoms with E-state index in [-0.39, 0.29) is 5.91 Å². The number of rotatable bonds is 5. The number of hydrogen-bond acceptors (Lipinski definition) is 3. The number of para-hydroxylation sites is 1. The van der Waals surface area contributed by atoms with Gasteiger partial charge in [0.1, 0.15) is 0 Å². The third-order valence-corrected chi connectivity index (χ3v) is 4.47. The highest BCUT2D eigenvalue weighted by atomic mass is 16.1. The summed E-state index contributed by atoms with van der Waals surface area (Å²) >= 11 is 0. The minimum Gasteiger partial charge on any atom is -0.348 e. The molecule has 138 valence electrons. The number of amides is 1. The average Bonchev–Trinajstić information content (AvgIpc) is 3.18. The van der Waals surface area contributed by atoms with Crippen LogP contribution in [-0.2, 0) is 6.54 Å². The van der Waals surface area contributed by atoms with Crippen molar-refractivity contribution in [2.45, 2.75) is 13.5 Å². The molecule has 0 radical (unpaired) electrons. The molecule has 2 heterocycles. The Balaban J connectivity index is 1.62. The van der Waals surface area contributed by atoms with Crippen LogP contribution in [0.4, 0.5) is 0 Å². The van der Waals surface area contributed by atoms with Crippen molar-refractivity contribution in [2.24, 2.45) is 0 Å². The Bertz CT molecular complexity index is 1070. The fraction of sp³-hybridized carbons (Fsp3) is 0.0870. The van der Waals surface area contributed by atoms with Crippen LogP contribution in [0.25, 0.3) is 16.9 Å². The van der Waals surface area contributed by atoms with Gasteiger partial charge in [-0.2, -0.15) is 5.10 Å². The second-order valence-electron chi connectivity index (χ2n) is 6.52. The largest absolute Gasteiger partial charge is 0.348 e. The molecule has 0 aliphatic carbocycles. The number of pyridine rings is 1. The van der Waals surface area contributed by atoms with Crippen molar-refractivity contribution >= 4 is 5.91 Å². The molecule has 0 saturated heterocycles. The van der Waals surface area contributed by atoms with E-state index in [9.17, 15) is 4.79 Å². The van der Waals surface area contributed by atoms with E-state index in [2.05, 4.69) is 10.3 Å². The molecule has 0 saturated carbocycles. The maximum absolute atomic E-state index is 12.5. The molecule has 0 atom stereocenters. The Kier molecular flexibility index (Phi) is 4.97. The lowest BCUT2D eigenvalue weighted by Gasteiger charge is -2.06. The maximum atomic E-state index is 12.5. The molecule has 5 heteroatoms. The smallest absolute Gasteiger partial charge is 0.253 e. The molecule has 1 amide bonds. The fourth-order valence-electron chi connectivity index (χ4n) is 2.97. The van der Waals surface area contributed by atoms with Gasteiger partial charge in [0.25, 0.3) is 5.91 Å². The first-order valence-electron chi connectivity index (χ1n) is 9.11. The lowest BCUT2D eigenvalue weighted by Crippen LogP contribution is -2.23. The van der Waals surface area contributed by atoms with Crippen molar-refractivity contribution in [3.05, 3.63) is 102 Å². The standard InChI is InChI=1S/C23H20N4O/c1-17-12-13-19(14-24-17)23(28)25-15-20-16-27(21-10-6-3-7-11-21)26-22(20)18-8-4-2-5-9-18/h2-14,16H,15H2,1H3,(H,25,28). The number of benzene rings is 2. The zero-order valence-corrected chi connectivity index (χ0v) is 15.5. The monoisotopic (exact) mass is 368 g/mol. The molecule has 0 aliphatic rings. The van der Waals surface area contributed by atoms with Gasteiger partial charge in [0.05, 0.1) is 16.9 Å². The number of hydrogen-bond donors (Lipinski definition) is 1. The van der Waals surface area contributed by atoms with Crippen LogP contribution in [0.1, 0.15) is 21.6 Å². The van der Waals surface area contributed by atoms with E-state index in [1.54, 1.807) is 12.3 Å². The Hall–Kier alpha value is -3.73. The molecule has 2 aromatic heterocycles. The first-order chi connectivity index (χ1) is 13.7. The molecule has 2 aromatic carbocycles. The van der Waals surface area contributed by atoms with Crippen molar-refractivity contribution in [1.82, 2.24) is 20.1 Å². The summed E-state index contributed by atoms with van der Waals surface area (Å²) in [5, 5.41) is 7.74. The van der Waals surface area contributed by atoms with E-state index in [1.165, 1.54) is 0 Å². The summed E-state index contributed by atoms with van der Waals surface area (Å²) in [7, 11) is 0. The fourth-order valence-corrected chi connectivity index (χ4v) is 2.97. The van der Waals surface area contributed by atoms with Gasteiger partial charge in [-0.15, -0.1) is 0 Å². The van der Waals surface area contributed by atoms with Gasteiger partial charge in [-0.1, -0.05) is 48.5 Å². The van der Waals surface area contributed by atoms with Crippen molar-refractivity contribution in [1.29, 1.82) is 0 Å². The average molecular weight is 368 g/mol. The highest BCUT2D eigenvalue weighted by molar-refractivity contribution is 5.93. The molecule has 4 aromatic rings. The van der Waals surface area contributed by atoms with Gasteiger partial charge in [-0.3, -0.25) is 9.78 Å². The minimum atomic E-state index is -0.154. The Morgan fingerprint density at radius 2 is 1.68 bits per heavy atom. The number of carbonyl (C=O) groups is 1. The molecule has 5 nitrogen and oxygen atoms in total. The molecular formula is C23H20N4O. The van der Waals surface area contributed by atoms with Gasteiger partial charge < -0.3 is 5.32 Å². The number of carbonyl (C=O) groups excluding carboxylic acids is 1. The summed E-state index contributed by atoms with van der Waals surface area (Å²) < 4.78 is 1.84. The van der Waals surface area contributed by atoms with Crippen LogP contribution < -0.4 is 5.32 Å². The van der Waals surface area contributed by atoms with Crippen LogP contribution >= 0.6 is 0 Å². The zero-order chi connectivity index (χ0) is 19.3. The van der Waals surface area contributed by atoms with E-state index in [0.29, 0.717) is 12.1 Å². The van der Waals surface area contributed by atoms with Crippen LogP contribution in [0.2, 0.25) is 0 Å². The predicted molar refractivity (Wildman–Crippen MR) is 109 cm³/mol. The summed E-state index contributed by atoms with van der Waals surface area (Å²) in [4.78, 5) is 16.7. The maximum Gasteiger partial charge on any atom is 0.253 e. The molecule has 0 bridgehead atoms. The number of aromatic nitrogens is 3. The second-order valence-corrected chi connectivity index (χ2v) is 6.52. The summed E-state index contributed by atoms with van der Waals surface area (Å²) in [6.07, 6.45) is 3.56. The van der Waals surface area contributed by atoms with Crippen LogP contribution in [-0.4, -0.2) is 20.7 Å². The third kappa shape index (κ3) is 3.83. The number of nitrogens with one attached hydrogen (secondary N) is 1. The van der Waals surface area contributed by atoms with Gasteiger partial charge in [0.2, 0.25) is 0 Å². The number of nitrogens with zero attached hydrogens (tertiary/aromatic N) is 3. The highest BCUT2D eigenvalue weighted by Crippen LogP contribution is 2.23. The van der Waals surface area contributed by atoms with Gasteiger partial charge in [-0.25, -0.2) is 4.68 Å². The second kappa shape index (κ2) is 7.88. The molecule has 4 rings (SSSR count). The molecule has 0 fully saturated rings. The van der Waals surface area contributed by atoms with Gasteiger partial charge in [0, 0.05) is 35.8 Å². The van der Waals surface area contributed by atoms with E-state index >= 15 is 0 Å². The van der Waals surface area contributed by atoms with E-state index in [1.807, 2.05) is 84.5 Å². The first-order valence-corrected chi connectivity index (χ1v) is 9.11. The van der Waals surface area contributed by atoms with E-state index in [4.69, 9.17) is 5.10 Å². The van der Waals surface area contributed by atoms with Gasteiger partial charge in [0.15, 0.2) is 0 Å². The summed E-state index contributed by atoms with van der Waals surface area (Å²) in [6.45, 7) is 2.27. The molecular weight excluding hydrogens is 348 g/mol. The molecule has 0 aliphatic heterocycles. The number of aryl methyl sites for hydroxylation is 1. The zero-order valence-electron chi connectivity index (χ0n) is 15.5.